The van der Waals surface area contributed by atoms with Crippen LogP contribution in [0.5, 0.6) is 11.6 Å². The molecule has 2 heterocycles. The number of halogens is 1. The van der Waals surface area contributed by atoms with Crippen LogP contribution in [0.3, 0.4) is 0 Å². The third kappa shape index (κ3) is 6.22. The number of hydrogen-bond donors (Lipinski definition) is 1. The summed E-state index contributed by atoms with van der Waals surface area (Å²) in [5.41, 5.74) is 0.746. The van der Waals surface area contributed by atoms with Gasteiger partial charge in [0.15, 0.2) is 0 Å². The van der Waals surface area contributed by atoms with Gasteiger partial charge in [-0.15, -0.1) is 5.10 Å². The lowest BCUT2D eigenvalue weighted by Crippen LogP contribution is -2.33. The van der Waals surface area contributed by atoms with Gasteiger partial charge in [0.1, 0.15) is 11.6 Å². The lowest BCUT2D eigenvalue weighted by molar-refractivity contribution is 0.0274. The average molecular weight is 335 g/mol. The minimum Gasteiger partial charge on any atom is -0.437 e. The Bertz CT molecular complexity index is 576. The molecule has 24 heavy (non-hydrogen) atoms. The zero-order valence-corrected chi connectivity index (χ0v) is 14.8. The van der Waals surface area contributed by atoms with Crippen molar-refractivity contribution in [2.45, 2.75) is 33.8 Å². The van der Waals surface area contributed by atoms with E-state index in [1.54, 1.807) is 24.4 Å². The van der Waals surface area contributed by atoms with Crippen molar-refractivity contribution < 1.29 is 13.9 Å². The number of benzene rings is 1. The van der Waals surface area contributed by atoms with Gasteiger partial charge in [-0.3, -0.25) is 0 Å². The lowest BCUT2D eigenvalue weighted by Gasteiger charge is -2.24. The van der Waals surface area contributed by atoms with Crippen LogP contribution in [0.25, 0.3) is 0 Å². The highest BCUT2D eigenvalue weighted by Crippen LogP contribution is 2.27. The Kier molecular flexibility index (Phi) is 9.56. The van der Waals surface area contributed by atoms with Gasteiger partial charge in [-0.1, -0.05) is 27.7 Å². The molecule has 1 aromatic carbocycles. The van der Waals surface area contributed by atoms with E-state index < -0.39 is 0 Å². The standard InChI is InChI=1S/C14H14FN3O2.2C2H6/c15-11-6-10(13-9-16-4-5-19-13)7-12(8-11)20-14-2-1-3-17-18-14;2*1-2/h1-3,6-8,13,16H,4-5,9H2;2*1-2H3/t13-;;/m0../s1. The van der Waals surface area contributed by atoms with Crippen LogP contribution in [0.4, 0.5) is 4.39 Å². The van der Waals surface area contributed by atoms with Gasteiger partial charge in [0.2, 0.25) is 5.88 Å². The van der Waals surface area contributed by atoms with Crippen molar-refractivity contribution in [1.82, 2.24) is 15.5 Å². The van der Waals surface area contributed by atoms with Gasteiger partial charge in [-0.25, -0.2) is 4.39 Å². The van der Waals surface area contributed by atoms with Gasteiger partial charge >= 0.3 is 0 Å². The highest BCUT2D eigenvalue weighted by Gasteiger charge is 2.17. The predicted molar refractivity (Wildman–Crippen MR) is 92.8 cm³/mol. The molecule has 6 heteroatoms. The van der Waals surface area contributed by atoms with E-state index in [0.717, 1.165) is 12.1 Å². The molecule has 1 atom stereocenters. The fourth-order valence-electron chi connectivity index (χ4n) is 2.07. The molecule has 1 aliphatic heterocycles. The van der Waals surface area contributed by atoms with Crippen LogP contribution >= 0.6 is 0 Å². The van der Waals surface area contributed by atoms with Crippen molar-refractivity contribution in [1.29, 1.82) is 0 Å². The Hall–Kier alpha value is -2.05. The zero-order valence-electron chi connectivity index (χ0n) is 14.8. The largest absolute Gasteiger partial charge is 0.437 e. The maximum atomic E-state index is 13.7. The lowest BCUT2D eigenvalue weighted by atomic mass is 10.1. The van der Waals surface area contributed by atoms with E-state index in [0.29, 0.717) is 24.8 Å². The fraction of sp³-hybridized carbons (Fsp3) is 0.444. The number of aromatic nitrogens is 2. The van der Waals surface area contributed by atoms with Crippen LogP contribution in [0, 0.1) is 5.82 Å². The van der Waals surface area contributed by atoms with Crippen LogP contribution in [-0.4, -0.2) is 29.9 Å². The highest BCUT2D eigenvalue weighted by molar-refractivity contribution is 5.33. The molecule has 0 aliphatic carbocycles. The molecule has 0 radical (unpaired) electrons. The molecule has 0 unspecified atom stereocenters. The number of rotatable bonds is 3. The zero-order chi connectivity index (χ0) is 17.8. The smallest absolute Gasteiger partial charge is 0.238 e. The van der Waals surface area contributed by atoms with Crippen LogP contribution < -0.4 is 10.1 Å². The van der Waals surface area contributed by atoms with Gasteiger partial charge in [0.25, 0.3) is 0 Å². The van der Waals surface area contributed by atoms with Crippen LogP contribution in [0.2, 0.25) is 0 Å². The third-order valence-corrected chi connectivity index (χ3v) is 2.96. The average Bonchev–Trinajstić information content (AvgIpc) is 2.66. The molecular formula is C18H26FN3O2. The Balaban J connectivity index is 0.000000671. The number of morpholine rings is 1. The summed E-state index contributed by atoms with van der Waals surface area (Å²) in [6.07, 6.45) is 1.38. The number of hydrogen-bond acceptors (Lipinski definition) is 5. The van der Waals surface area contributed by atoms with Crippen LogP contribution in [0.1, 0.15) is 39.4 Å². The number of nitrogens with zero attached hydrogens (tertiary/aromatic N) is 2. The normalized spacial score (nSPS) is 16.1. The molecule has 0 amide bonds. The molecule has 3 rings (SSSR count). The molecule has 1 aliphatic rings. The molecule has 0 spiro atoms. The second-order valence-electron chi connectivity index (χ2n) is 4.45. The molecule has 1 saturated heterocycles. The van der Waals surface area contributed by atoms with E-state index in [-0.39, 0.29) is 11.9 Å². The maximum Gasteiger partial charge on any atom is 0.238 e. The fourth-order valence-corrected chi connectivity index (χ4v) is 2.07. The third-order valence-electron chi connectivity index (χ3n) is 2.96. The second-order valence-corrected chi connectivity index (χ2v) is 4.45. The summed E-state index contributed by atoms with van der Waals surface area (Å²) in [6.45, 7) is 10.1. The molecule has 2 aromatic rings. The first-order valence-corrected chi connectivity index (χ1v) is 8.39. The first-order chi connectivity index (χ1) is 11.8. The van der Waals surface area contributed by atoms with E-state index in [1.807, 2.05) is 27.7 Å². The molecule has 1 N–H and O–H groups in total. The summed E-state index contributed by atoms with van der Waals surface area (Å²) >= 11 is 0. The molecule has 1 fully saturated rings. The second kappa shape index (κ2) is 11.5. The molecule has 132 valence electrons. The van der Waals surface area contributed by atoms with Crippen molar-refractivity contribution in [2.24, 2.45) is 0 Å². The number of ether oxygens (including phenoxy) is 2. The van der Waals surface area contributed by atoms with Crippen molar-refractivity contribution in [2.75, 3.05) is 19.7 Å². The minimum atomic E-state index is -0.365. The topological polar surface area (TPSA) is 56.3 Å². The van der Waals surface area contributed by atoms with Gasteiger partial charge in [0.05, 0.1) is 12.7 Å². The Labute approximate surface area is 143 Å². The van der Waals surface area contributed by atoms with Crippen molar-refractivity contribution in [3.8, 4) is 11.6 Å². The molecular weight excluding hydrogens is 309 g/mol. The predicted octanol–water partition coefficient (Wildman–Crippen LogP) is 4.12. The van der Waals surface area contributed by atoms with Gasteiger partial charge in [0, 0.05) is 31.4 Å². The molecule has 0 bridgehead atoms. The summed E-state index contributed by atoms with van der Waals surface area (Å²) in [4.78, 5) is 0. The monoisotopic (exact) mass is 335 g/mol. The van der Waals surface area contributed by atoms with E-state index in [2.05, 4.69) is 15.5 Å². The number of nitrogens with one attached hydrogen (secondary N) is 1. The summed E-state index contributed by atoms with van der Waals surface area (Å²) in [6, 6.07) is 7.90. The van der Waals surface area contributed by atoms with Gasteiger partial charge in [-0.2, -0.15) is 5.10 Å². The van der Waals surface area contributed by atoms with E-state index >= 15 is 0 Å². The van der Waals surface area contributed by atoms with Crippen LogP contribution in [-0.2, 0) is 4.74 Å². The summed E-state index contributed by atoms with van der Waals surface area (Å²) in [7, 11) is 0. The summed E-state index contributed by atoms with van der Waals surface area (Å²) in [5, 5.41) is 10.7. The first kappa shape index (κ1) is 20.0. The Morgan fingerprint density at radius 2 is 2.00 bits per heavy atom. The Morgan fingerprint density at radius 3 is 2.62 bits per heavy atom. The van der Waals surface area contributed by atoms with Crippen molar-refractivity contribution in [3.63, 3.8) is 0 Å². The molecule has 5 nitrogen and oxygen atoms in total. The van der Waals surface area contributed by atoms with Crippen molar-refractivity contribution in [3.05, 3.63) is 47.9 Å². The summed E-state index contributed by atoms with van der Waals surface area (Å²) in [5.74, 6) is 0.344. The molecule has 1 aromatic heterocycles. The van der Waals surface area contributed by atoms with Crippen molar-refractivity contribution >= 4 is 0 Å². The SMILES string of the molecule is CC.CC.Fc1cc(Oc2cccnn2)cc([C@@H]2CNCCO2)c1. The minimum absolute atomic E-state index is 0.163. The van der Waals surface area contributed by atoms with E-state index in [4.69, 9.17) is 9.47 Å². The Morgan fingerprint density at radius 1 is 1.21 bits per heavy atom. The van der Waals surface area contributed by atoms with E-state index in [1.165, 1.54) is 12.1 Å². The van der Waals surface area contributed by atoms with Crippen LogP contribution in [0.15, 0.2) is 36.5 Å². The summed E-state index contributed by atoms with van der Waals surface area (Å²) < 4.78 is 24.8. The first-order valence-electron chi connectivity index (χ1n) is 8.39. The maximum absolute atomic E-state index is 13.7. The molecule has 0 saturated carbocycles. The quantitative estimate of drug-likeness (QED) is 0.914. The van der Waals surface area contributed by atoms with E-state index in [9.17, 15) is 4.39 Å². The highest BCUT2D eigenvalue weighted by atomic mass is 19.1. The van der Waals surface area contributed by atoms with Gasteiger partial charge < -0.3 is 14.8 Å². The van der Waals surface area contributed by atoms with Gasteiger partial charge in [-0.05, 0) is 23.8 Å².